The highest BCUT2D eigenvalue weighted by Gasteiger charge is 2.26. The Morgan fingerprint density at radius 3 is 2.73 bits per heavy atom. The van der Waals surface area contributed by atoms with Crippen molar-refractivity contribution >= 4 is 22.9 Å². The van der Waals surface area contributed by atoms with E-state index in [1.807, 2.05) is 60.9 Å². The van der Waals surface area contributed by atoms with E-state index in [1.165, 1.54) is 0 Å². The Bertz CT molecular complexity index is 993. The topological polar surface area (TPSA) is 86.7 Å². The molecule has 2 heterocycles. The lowest BCUT2D eigenvalue weighted by Crippen LogP contribution is -2.31. The summed E-state index contributed by atoms with van der Waals surface area (Å²) in [5.41, 5.74) is 8.80. The first-order valence-electron chi connectivity index (χ1n) is 8.48. The molecule has 0 fully saturated rings. The third-order valence-corrected chi connectivity index (χ3v) is 4.19. The van der Waals surface area contributed by atoms with Gasteiger partial charge < -0.3 is 15.2 Å². The summed E-state index contributed by atoms with van der Waals surface area (Å²) in [4.78, 5) is 9.21. The number of methoxy groups -OCH3 is 1. The highest BCUT2D eigenvalue weighted by atomic mass is 16.5. The number of imidazole rings is 1. The monoisotopic (exact) mass is 351 g/mol. The van der Waals surface area contributed by atoms with Crippen LogP contribution in [0, 0.1) is 0 Å². The van der Waals surface area contributed by atoms with Crippen LogP contribution in [0.2, 0.25) is 0 Å². The van der Waals surface area contributed by atoms with Crippen LogP contribution in [-0.2, 0) is 0 Å². The van der Waals surface area contributed by atoms with Crippen molar-refractivity contribution < 1.29 is 9.47 Å². The number of anilines is 1. The molecule has 7 heteroatoms. The highest BCUT2D eigenvalue weighted by Crippen LogP contribution is 2.36. The first-order valence-corrected chi connectivity index (χ1v) is 8.48. The Morgan fingerprint density at radius 2 is 1.96 bits per heavy atom. The van der Waals surface area contributed by atoms with Crippen LogP contribution in [0.4, 0.5) is 5.95 Å². The number of ether oxygens (including phenoxy) is 2. The molecule has 3 aromatic rings. The van der Waals surface area contributed by atoms with Gasteiger partial charge in [0.2, 0.25) is 5.95 Å². The molecule has 1 aromatic heterocycles. The molecule has 0 spiro atoms. The van der Waals surface area contributed by atoms with Gasteiger partial charge in [0.05, 0.1) is 24.2 Å². The Hall–Kier alpha value is -3.22. The van der Waals surface area contributed by atoms with Crippen molar-refractivity contribution in [2.24, 2.45) is 10.7 Å². The van der Waals surface area contributed by atoms with Gasteiger partial charge in [-0.1, -0.05) is 18.2 Å². The van der Waals surface area contributed by atoms with Crippen LogP contribution in [0.5, 0.6) is 11.5 Å². The minimum absolute atomic E-state index is 0.0616. The number of benzene rings is 2. The summed E-state index contributed by atoms with van der Waals surface area (Å²) in [7, 11) is 1.63. The Labute approximate surface area is 151 Å². The number of rotatable bonds is 4. The second-order valence-corrected chi connectivity index (χ2v) is 6.38. The van der Waals surface area contributed by atoms with Crippen LogP contribution >= 0.6 is 0 Å². The van der Waals surface area contributed by atoms with Gasteiger partial charge in [-0.3, -0.25) is 9.88 Å². The van der Waals surface area contributed by atoms with E-state index in [0.29, 0.717) is 23.4 Å². The third-order valence-electron chi connectivity index (χ3n) is 4.19. The number of para-hydroxylation sites is 2. The second kappa shape index (κ2) is 6.25. The van der Waals surface area contributed by atoms with Gasteiger partial charge >= 0.3 is 0 Å². The maximum atomic E-state index is 6.00. The molecule has 1 aliphatic heterocycles. The standard InChI is InChI=1S/C19H21N5O2/c1-11(2)26-15-9-8-12(10-16(15)25-3)17-22-18(20)23-19-21-13-6-4-5-7-14(13)24(17)19/h4-11,17H,1-3H3,(H3,20,21,22,23)/t17-/m0/s1. The van der Waals surface area contributed by atoms with Gasteiger partial charge in [0.25, 0.3) is 0 Å². The molecule has 0 saturated heterocycles. The maximum absolute atomic E-state index is 6.00. The smallest absolute Gasteiger partial charge is 0.212 e. The van der Waals surface area contributed by atoms with Gasteiger partial charge in [0, 0.05) is 5.56 Å². The molecule has 2 aromatic carbocycles. The Morgan fingerprint density at radius 1 is 1.15 bits per heavy atom. The average Bonchev–Trinajstić information content (AvgIpc) is 2.99. The number of nitrogens with one attached hydrogen (secondary N) is 1. The van der Waals surface area contributed by atoms with Gasteiger partial charge in [-0.15, -0.1) is 0 Å². The van der Waals surface area contributed by atoms with Gasteiger partial charge in [-0.25, -0.2) is 9.98 Å². The van der Waals surface area contributed by atoms with Crippen molar-refractivity contribution in [1.82, 2.24) is 9.55 Å². The van der Waals surface area contributed by atoms with E-state index in [9.17, 15) is 0 Å². The van der Waals surface area contributed by atoms with Crippen LogP contribution < -0.4 is 20.5 Å². The molecule has 134 valence electrons. The Balaban J connectivity index is 1.84. The lowest BCUT2D eigenvalue weighted by Gasteiger charge is -2.24. The molecule has 1 atom stereocenters. The van der Waals surface area contributed by atoms with Gasteiger partial charge in [0.1, 0.15) is 0 Å². The van der Waals surface area contributed by atoms with E-state index in [4.69, 9.17) is 15.2 Å². The van der Waals surface area contributed by atoms with E-state index in [0.717, 1.165) is 16.6 Å². The van der Waals surface area contributed by atoms with E-state index in [-0.39, 0.29) is 12.3 Å². The molecule has 7 nitrogen and oxygen atoms in total. The molecule has 0 amide bonds. The lowest BCUT2D eigenvalue weighted by atomic mass is 10.1. The summed E-state index contributed by atoms with van der Waals surface area (Å²) in [6, 6.07) is 13.7. The van der Waals surface area contributed by atoms with Crippen molar-refractivity contribution in [3.8, 4) is 11.5 Å². The Kier molecular flexibility index (Phi) is 3.91. The fourth-order valence-electron chi connectivity index (χ4n) is 3.14. The van der Waals surface area contributed by atoms with Crippen molar-refractivity contribution in [3.63, 3.8) is 0 Å². The molecule has 26 heavy (non-hydrogen) atoms. The van der Waals surface area contributed by atoms with E-state index < -0.39 is 0 Å². The van der Waals surface area contributed by atoms with E-state index >= 15 is 0 Å². The minimum atomic E-state index is -0.333. The van der Waals surface area contributed by atoms with Crippen LogP contribution in [0.1, 0.15) is 25.6 Å². The number of hydrogen-bond acceptors (Lipinski definition) is 6. The first-order chi connectivity index (χ1) is 12.6. The molecule has 3 N–H and O–H groups in total. The van der Waals surface area contributed by atoms with E-state index in [1.54, 1.807) is 7.11 Å². The molecule has 4 rings (SSSR count). The predicted molar refractivity (Wildman–Crippen MR) is 102 cm³/mol. The largest absolute Gasteiger partial charge is 0.493 e. The quantitative estimate of drug-likeness (QED) is 0.754. The molecular formula is C19H21N5O2. The fraction of sp³-hybridized carbons (Fsp3) is 0.263. The van der Waals surface area contributed by atoms with Gasteiger partial charge in [-0.05, 0) is 38.1 Å². The average molecular weight is 351 g/mol. The molecule has 1 aliphatic rings. The van der Waals surface area contributed by atoms with Gasteiger partial charge in [0.15, 0.2) is 23.6 Å². The number of guanidine groups is 1. The highest BCUT2D eigenvalue weighted by molar-refractivity contribution is 5.94. The molecule has 0 unspecified atom stereocenters. The van der Waals surface area contributed by atoms with Crippen molar-refractivity contribution in [2.45, 2.75) is 26.1 Å². The SMILES string of the molecule is COc1cc([C@H]2N=C(N)Nc3nc4ccccc4n32)ccc1OC(C)C. The summed E-state index contributed by atoms with van der Waals surface area (Å²) < 4.78 is 13.4. The summed E-state index contributed by atoms with van der Waals surface area (Å²) in [6.45, 7) is 3.96. The molecular weight excluding hydrogens is 330 g/mol. The number of hydrogen-bond donors (Lipinski definition) is 2. The fourth-order valence-corrected chi connectivity index (χ4v) is 3.14. The van der Waals surface area contributed by atoms with Crippen LogP contribution in [-0.4, -0.2) is 28.7 Å². The zero-order valence-corrected chi connectivity index (χ0v) is 14.9. The summed E-state index contributed by atoms with van der Waals surface area (Å²) >= 11 is 0. The third kappa shape index (κ3) is 2.71. The van der Waals surface area contributed by atoms with Crippen molar-refractivity contribution in [1.29, 1.82) is 0 Å². The number of aromatic nitrogens is 2. The maximum Gasteiger partial charge on any atom is 0.212 e. The second-order valence-electron chi connectivity index (χ2n) is 6.38. The van der Waals surface area contributed by atoms with Crippen LogP contribution in [0.3, 0.4) is 0 Å². The van der Waals surface area contributed by atoms with Crippen LogP contribution in [0.25, 0.3) is 11.0 Å². The van der Waals surface area contributed by atoms with E-state index in [2.05, 4.69) is 15.3 Å². The summed E-state index contributed by atoms with van der Waals surface area (Å²) in [5, 5.41) is 3.04. The van der Waals surface area contributed by atoms with Gasteiger partial charge in [-0.2, -0.15) is 0 Å². The van der Waals surface area contributed by atoms with Crippen molar-refractivity contribution in [3.05, 3.63) is 48.0 Å². The number of nitrogens with two attached hydrogens (primary N) is 1. The van der Waals surface area contributed by atoms with Crippen molar-refractivity contribution in [2.75, 3.05) is 12.4 Å². The predicted octanol–water partition coefficient (Wildman–Crippen LogP) is 3.12. The first kappa shape index (κ1) is 16.3. The zero-order chi connectivity index (χ0) is 18.3. The summed E-state index contributed by atoms with van der Waals surface area (Å²) in [5.74, 6) is 2.37. The number of nitrogens with zero attached hydrogens (tertiary/aromatic N) is 3. The molecule has 0 bridgehead atoms. The number of fused-ring (bicyclic) bond motifs is 3. The normalized spacial score (nSPS) is 16.2. The molecule has 0 saturated carbocycles. The lowest BCUT2D eigenvalue weighted by molar-refractivity contribution is 0.230. The molecule has 0 radical (unpaired) electrons. The van der Waals surface area contributed by atoms with Crippen LogP contribution in [0.15, 0.2) is 47.5 Å². The molecule has 0 aliphatic carbocycles. The zero-order valence-electron chi connectivity index (χ0n) is 14.9. The minimum Gasteiger partial charge on any atom is -0.493 e. The number of aliphatic imine (C=N–C) groups is 1. The summed E-state index contributed by atoms with van der Waals surface area (Å²) in [6.07, 6.45) is -0.271.